The zero-order valence-corrected chi connectivity index (χ0v) is 8.85. The molecule has 0 unspecified atom stereocenters. The fraction of sp³-hybridized carbons (Fsp3) is 0.700. The first-order valence-electron chi connectivity index (χ1n) is 5.34. The van der Waals surface area contributed by atoms with E-state index in [1.807, 2.05) is 0 Å². The lowest BCUT2D eigenvalue weighted by Gasteiger charge is -2.28. The minimum atomic E-state index is 0.155. The molecule has 0 aliphatic carbocycles. The van der Waals surface area contributed by atoms with Gasteiger partial charge in [-0.05, 0) is 32.5 Å². The third kappa shape index (κ3) is 2.23. The second-order valence-electron chi connectivity index (χ2n) is 3.82. The number of rotatable bonds is 3. The molecule has 2 heterocycles. The molecule has 1 aliphatic rings. The summed E-state index contributed by atoms with van der Waals surface area (Å²) in [4.78, 5) is 16.8. The highest BCUT2D eigenvalue weighted by Gasteiger charge is 2.24. The highest BCUT2D eigenvalue weighted by Crippen LogP contribution is 2.26. The summed E-state index contributed by atoms with van der Waals surface area (Å²) >= 11 is 0. The number of carbonyl (C=O) groups excluding carboxylic acids is 1. The van der Waals surface area contributed by atoms with E-state index < -0.39 is 0 Å². The SMILES string of the molecule is CCN1CCC(c2nc(C=O)no2)CC1. The van der Waals surface area contributed by atoms with E-state index in [0.717, 1.165) is 32.5 Å². The summed E-state index contributed by atoms with van der Waals surface area (Å²) in [7, 11) is 0. The third-order valence-electron chi connectivity index (χ3n) is 2.95. The highest BCUT2D eigenvalue weighted by atomic mass is 16.5. The van der Waals surface area contributed by atoms with Crippen LogP contribution in [0, 0.1) is 0 Å². The number of carbonyl (C=O) groups is 1. The molecular weight excluding hydrogens is 194 g/mol. The number of aldehydes is 1. The van der Waals surface area contributed by atoms with Gasteiger partial charge in [0.05, 0.1) is 0 Å². The summed E-state index contributed by atoms with van der Waals surface area (Å²) in [5.41, 5.74) is 0. The molecule has 0 amide bonds. The molecular formula is C10H15N3O2. The van der Waals surface area contributed by atoms with Crippen LogP contribution >= 0.6 is 0 Å². The second kappa shape index (κ2) is 4.53. The Balaban J connectivity index is 1.97. The molecule has 0 saturated carbocycles. The van der Waals surface area contributed by atoms with Crippen LogP contribution in [0.3, 0.4) is 0 Å². The molecule has 1 saturated heterocycles. The molecule has 1 aromatic rings. The summed E-state index contributed by atoms with van der Waals surface area (Å²) in [5.74, 6) is 1.10. The maximum atomic E-state index is 10.4. The number of hydrogen-bond acceptors (Lipinski definition) is 5. The van der Waals surface area contributed by atoms with Gasteiger partial charge in [0.15, 0.2) is 6.29 Å². The monoisotopic (exact) mass is 209 g/mol. The van der Waals surface area contributed by atoms with E-state index in [9.17, 15) is 4.79 Å². The van der Waals surface area contributed by atoms with Gasteiger partial charge in [0.25, 0.3) is 0 Å². The number of aromatic nitrogens is 2. The molecule has 0 radical (unpaired) electrons. The van der Waals surface area contributed by atoms with Crippen molar-refractivity contribution < 1.29 is 9.32 Å². The number of likely N-dealkylation sites (tertiary alicyclic amines) is 1. The molecule has 0 bridgehead atoms. The molecule has 15 heavy (non-hydrogen) atoms. The van der Waals surface area contributed by atoms with Crippen LogP contribution in [0.2, 0.25) is 0 Å². The standard InChI is InChI=1S/C10H15N3O2/c1-2-13-5-3-8(4-6-13)10-11-9(7-14)12-15-10/h7-8H,2-6H2,1H3. The fourth-order valence-corrected chi connectivity index (χ4v) is 1.96. The van der Waals surface area contributed by atoms with Crippen molar-refractivity contribution in [1.82, 2.24) is 15.0 Å². The number of piperidine rings is 1. The molecule has 2 rings (SSSR count). The van der Waals surface area contributed by atoms with Gasteiger partial charge in [-0.1, -0.05) is 12.1 Å². The van der Waals surface area contributed by atoms with E-state index in [0.29, 0.717) is 18.1 Å². The van der Waals surface area contributed by atoms with E-state index in [4.69, 9.17) is 4.52 Å². The Bertz CT molecular complexity index is 329. The van der Waals surface area contributed by atoms with Crippen molar-refractivity contribution in [3.63, 3.8) is 0 Å². The van der Waals surface area contributed by atoms with Crippen LogP contribution in [0.5, 0.6) is 0 Å². The van der Waals surface area contributed by atoms with Crippen molar-refractivity contribution in [2.24, 2.45) is 0 Å². The summed E-state index contributed by atoms with van der Waals surface area (Å²) in [6.45, 7) is 5.40. The van der Waals surface area contributed by atoms with Crippen molar-refractivity contribution in [2.45, 2.75) is 25.7 Å². The van der Waals surface area contributed by atoms with Gasteiger partial charge >= 0.3 is 0 Å². The van der Waals surface area contributed by atoms with Gasteiger partial charge < -0.3 is 9.42 Å². The molecule has 5 heteroatoms. The molecule has 0 N–H and O–H groups in total. The predicted molar refractivity (Wildman–Crippen MR) is 53.8 cm³/mol. The summed E-state index contributed by atoms with van der Waals surface area (Å²) < 4.78 is 5.05. The van der Waals surface area contributed by atoms with Gasteiger partial charge in [-0.2, -0.15) is 4.98 Å². The van der Waals surface area contributed by atoms with Crippen LogP contribution in [0.4, 0.5) is 0 Å². The summed E-state index contributed by atoms with van der Waals surface area (Å²) in [6, 6.07) is 0. The summed E-state index contributed by atoms with van der Waals surface area (Å²) in [6.07, 6.45) is 2.69. The van der Waals surface area contributed by atoms with Crippen molar-refractivity contribution in [3.05, 3.63) is 11.7 Å². The smallest absolute Gasteiger partial charge is 0.235 e. The molecule has 0 aromatic carbocycles. The topological polar surface area (TPSA) is 59.2 Å². The predicted octanol–water partition coefficient (Wildman–Crippen LogP) is 1.08. The molecule has 1 fully saturated rings. The van der Waals surface area contributed by atoms with Crippen LogP contribution < -0.4 is 0 Å². The molecule has 1 aromatic heterocycles. The van der Waals surface area contributed by atoms with Gasteiger partial charge in [0.2, 0.25) is 11.7 Å². The highest BCUT2D eigenvalue weighted by molar-refractivity contribution is 5.68. The molecule has 0 atom stereocenters. The van der Waals surface area contributed by atoms with Crippen LogP contribution in [0.15, 0.2) is 4.52 Å². The van der Waals surface area contributed by atoms with Gasteiger partial charge in [0, 0.05) is 5.92 Å². The molecule has 1 aliphatic heterocycles. The minimum absolute atomic E-state index is 0.155. The largest absolute Gasteiger partial charge is 0.339 e. The maximum absolute atomic E-state index is 10.4. The first-order valence-corrected chi connectivity index (χ1v) is 5.34. The Morgan fingerprint density at radius 1 is 1.53 bits per heavy atom. The van der Waals surface area contributed by atoms with Crippen molar-refractivity contribution in [2.75, 3.05) is 19.6 Å². The first kappa shape index (κ1) is 10.3. The Hall–Kier alpha value is -1.23. The van der Waals surface area contributed by atoms with Crippen LogP contribution in [0.1, 0.15) is 42.2 Å². The summed E-state index contributed by atoms with van der Waals surface area (Å²) in [5, 5.41) is 3.58. The second-order valence-corrected chi connectivity index (χ2v) is 3.82. The van der Waals surface area contributed by atoms with Crippen molar-refractivity contribution in [3.8, 4) is 0 Å². The van der Waals surface area contributed by atoms with Crippen LogP contribution in [-0.2, 0) is 0 Å². The van der Waals surface area contributed by atoms with Crippen molar-refractivity contribution in [1.29, 1.82) is 0 Å². The number of nitrogens with zero attached hydrogens (tertiary/aromatic N) is 3. The first-order chi connectivity index (χ1) is 7.33. The Kier molecular flexibility index (Phi) is 3.11. The molecule has 5 nitrogen and oxygen atoms in total. The normalized spacial score (nSPS) is 19.3. The minimum Gasteiger partial charge on any atom is -0.339 e. The lowest BCUT2D eigenvalue weighted by atomic mass is 9.97. The Labute approximate surface area is 88.5 Å². The van der Waals surface area contributed by atoms with Crippen molar-refractivity contribution >= 4 is 6.29 Å². The van der Waals surface area contributed by atoms with Gasteiger partial charge in [-0.25, -0.2) is 0 Å². The Morgan fingerprint density at radius 2 is 2.27 bits per heavy atom. The van der Waals surface area contributed by atoms with E-state index >= 15 is 0 Å². The third-order valence-corrected chi connectivity index (χ3v) is 2.95. The van der Waals surface area contributed by atoms with E-state index in [2.05, 4.69) is 22.0 Å². The number of hydrogen-bond donors (Lipinski definition) is 0. The van der Waals surface area contributed by atoms with Gasteiger partial charge in [-0.15, -0.1) is 0 Å². The van der Waals surface area contributed by atoms with Crippen LogP contribution in [0.25, 0.3) is 0 Å². The zero-order valence-electron chi connectivity index (χ0n) is 8.85. The average molecular weight is 209 g/mol. The molecule has 0 spiro atoms. The quantitative estimate of drug-likeness (QED) is 0.697. The van der Waals surface area contributed by atoms with Gasteiger partial charge in [-0.3, -0.25) is 4.79 Å². The van der Waals surface area contributed by atoms with E-state index in [1.165, 1.54) is 0 Å². The maximum Gasteiger partial charge on any atom is 0.235 e. The lowest BCUT2D eigenvalue weighted by Crippen LogP contribution is -2.32. The fourth-order valence-electron chi connectivity index (χ4n) is 1.96. The lowest BCUT2D eigenvalue weighted by molar-refractivity contribution is 0.111. The Morgan fingerprint density at radius 3 is 2.80 bits per heavy atom. The average Bonchev–Trinajstić information content (AvgIpc) is 2.78. The zero-order chi connectivity index (χ0) is 10.7. The molecule has 82 valence electrons. The van der Waals surface area contributed by atoms with Crippen LogP contribution in [-0.4, -0.2) is 41.0 Å². The van der Waals surface area contributed by atoms with E-state index in [-0.39, 0.29) is 5.82 Å². The van der Waals surface area contributed by atoms with E-state index in [1.54, 1.807) is 0 Å². The van der Waals surface area contributed by atoms with Gasteiger partial charge in [0.1, 0.15) is 0 Å².